The third-order valence-electron chi connectivity index (χ3n) is 5.02. The highest BCUT2D eigenvalue weighted by Gasteiger charge is 2.45. The molecule has 2 aliphatic heterocycles. The van der Waals surface area contributed by atoms with E-state index in [9.17, 15) is 14.4 Å². The lowest BCUT2D eigenvalue weighted by Gasteiger charge is -2.38. The highest BCUT2D eigenvalue weighted by molar-refractivity contribution is 7.46. The van der Waals surface area contributed by atoms with Gasteiger partial charge in [-0.3, -0.25) is 19.8 Å². The monoisotopic (exact) mass is 422 g/mol. The number of para-hydroxylation sites is 1. The van der Waals surface area contributed by atoms with Crippen LogP contribution in [-0.2, 0) is 14.0 Å². The molecule has 0 atom stereocenters. The molecular weight excluding hydrogens is 395 g/mol. The van der Waals surface area contributed by atoms with Crippen LogP contribution in [0.1, 0.15) is 33.3 Å². The molecule has 0 bridgehead atoms. The van der Waals surface area contributed by atoms with Gasteiger partial charge in [-0.1, -0.05) is 18.2 Å². The third-order valence-corrected chi connectivity index (χ3v) is 5.46. The van der Waals surface area contributed by atoms with E-state index in [1.807, 2.05) is 33.8 Å². The summed E-state index contributed by atoms with van der Waals surface area (Å²) in [6.45, 7) is 10.3. The zero-order valence-corrected chi connectivity index (χ0v) is 18.0. The van der Waals surface area contributed by atoms with Crippen molar-refractivity contribution in [3.05, 3.63) is 35.4 Å². The van der Waals surface area contributed by atoms with E-state index in [1.165, 1.54) is 6.07 Å². The lowest BCUT2D eigenvalue weighted by atomic mass is 9.68. The number of benzene rings is 1. The van der Waals surface area contributed by atoms with Gasteiger partial charge in [0.05, 0.1) is 23.9 Å². The second kappa shape index (κ2) is 7.94. The molecule has 1 aromatic carbocycles. The van der Waals surface area contributed by atoms with E-state index in [-0.39, 0.29) is 5.75 Å². The smallest absolute Gasteiger partial charge is 0.478 e. The molecule has 3 rings (SSSR count). The molecule has 0 spiro atoms. The standard InChI is InChI=1S/C20H27N2O6P/c1-19(2,17-21-9-11-26-17)16(20(3,4)18-22-10-12-27-18)13-14-7-5-6-8-15(14)28-29(23,24)25/h5-8,13H,9-12H2,1-4H3,(H2,23,24,25). The Hall–Kier alpha value is -2.15. The Morgan fingerprint density at radius 3 is 2.00 bits per heavy atom. The average Bonchev–Trinajstić information content (AvgIpc) is 3.33. The first kappa shape index (κ1) is 21.6. The largest absolute Gasteiger partial charge is 0.524 e. The second-order valence-electron chi connectivity index (χ2n) is 8.00. The van der Waals surface area contributed by atoms with Crippen LogP contribution in [0.5, 0.6) is 5.75 Å². The SMILES string of the molecule is CC(C)(C(=Cc1ccccc1OP(=O)(O)O)C(C)(C)C1=NCCO1)C1=NCCO1. The maximum atomic E-state index is 11.4. The van der Waals surface area contributed by atoms with Crippen molar-refractivity contribution >= 4 is 25.7 Å². The average molecular weight is 422 g/mol. The van der Waals surface area contributed by atoms with Gasteiger partial charge < -0.3 is 14.0 Å². The summed E-state index contributed by atoms with van der Waals surface area (Å²) >= 11 is 0. The summed E-state index contributed by atoms with van der Waals surface area (Å²) in [7, 11) is -4.71. The summed E-state index contributed by atoms with van der Waals surface area (Å²) in [5.41, 5.74) is 0.199. The van der Waals surface area contributed by atoms with Crippen molar-refractivity contribution in [2.24, 2.45) is 20.8 Å². The van der Waals surface area contributed by atoms with Crippen LogP contribution in [0.4, 0.5) is 0 Å². The highest BCUT2D eigenvalue weighted by atomic mass is 31.2. The van der Waals surface area contributed by atoms with Crippen LogP contribution in [0.15, 0.2) is 39.8 Å². The summed E-state index contributed by atoms with van der Waals surface area (Å²) in [4.78, 5) is 27.6. The fourth-order valence-electron chi connectivity index (χ4n) is 3.77. The Labute approximate surface area is 170 Å². The molecule has 0 aromatic heterocycles. The van der Waals surface area contributed by atoms with Gasteiger partial charge in [0.15, 0.2) is 11.8 Å². The van der Waals surface area contributed by atoms with E-state index in [1.54, 1.807) is 18.2 Å². The molecule has 0 fully saturated rings. The minimum Gasteiger partial charge on any atom is -0.478 e. The van der Waals surface area contributed by atoms with Gasteiger partial charge in [-0.25, -0.2) is 4.57 Å². The van der Waals surface area contributed by atoms with Crippen molar-refractivity contribution < 1.29 is 28.3 Å². The summed E-state index contributed by atoms with van der Waals surface area (Å²) in [6, 6.07) is 6.71. The van der Waals surface area contributed by atoms with Crippen LogP contribution >= 0.6 is 7.82 Å². The van der Waals surface area contributed by atoms with Crippen LogP contribution < -0.4 is 4.52 Å². The molecule has 0 aliphatic carbocycles. The van der Waals surface area contributed by atoms with E-state index >= 15 is 0 Å². The molecular formula is C20H27N2O6P. The van der Waals surface area contributed by atoms with E-state index in [0.717, 1.165) is 5.57 Å². The minimum atomic E-state index is -4.71. The fourth-order valence-corrected chi connectivity index (χ4v) is 4.19. The number of hydrogen-bond acceptors (Lipinski definition) is 6. The van der Waals surface area contributed by atoms with Gasteiger partial charge >= 0.3 is 7.82 Å². The topological polar surface area (TPSA) is 110 Å². The molecule has 2 N–H and O–H groups in total. The Balaban J connectivity index is 2.15. The predicted octanol–water partition coefficient (Wildman–Crippen LogP) is 3.45. The molecule has 0 saturated heterocycles. The summed E-state index contributed by atoms with van der Waals surface area (Å²) < 4.78 is 27.9. The van der Waals surface area contributed by atoms with Crippen LogP contribution in [-0.4, -0.2) is 47.9 Å². The molecule has 2 aliphatic rings. The Bertz CT molecular complexity index is 875. The summed E-state index contributed by atoms with van der Waals surface area (Å²) in [5.74, 6) is 1.32. The van der Waals surface area contributed by atoms with Crippen molar-refractivity contribution in [1.82, 2.24) is 0 Å². The van der Waals surface area contributed by atoms with Gasteiger partial charge in [0, 0.05) is 5.56 Å². The van der Waals surface area contributed by atoms with E-state index in [0.29, 0.717) is 43.7 Å². The first-order valence-corrected chi connectivity index (χ1v) is 11.0. The highest BCUT2D eigenvalue weighted by Crippen LogP contribution is 2.46. The van der Waals surface area contributed by atoms with E-state index in [4.69, 9.17) is 14.0 Å². The Kier molecular flexibility index (Phi) is 5.90. The zero-order valence-electron chi connectivity index (χ0n) is 17.1. The van der Waals surface area contributed by atoms with Crippen molar-refractivity contribution in [3.63, 3.8) is 0 Å². The van der Waals surface area contributed by atoms with Gasteiger partial charge in [-0.05, 0) is 45.4 Å². The quantitative estimate of drug-likeness (QED) is 0.652. The predicted molar refractivity (Wildman–Crippen MR) is 111 cm³/mol. The van der Waals surface area contributed by atoms with Crippen LogP contribution in [0.25, 0.3) is 6.08 Å². The van der Waals surface area contributed by atoms with Crippen molar-refractivity contribution in [3.8, 4) is 5.75 Å². The van der Waals surface area contributed by atoms with Crippen LogP contribution in [0, 0.1) is 10.8 Å². The minimum absolute atomic E-state index is 0.0912. The van der Waals surface area contributed by atoms with Gasteiger partial charge in [0.2, 0.25) is 0 Å². The Morgan fingerprint density at radius 1 is 1.03 bits per heavy atom. The number of hydrogen-bond donors (Lipinski definition) is 2. The van der Waals surface area contributed by atoms with E-state index < -0.39 is 18.7 Å². The molecule has 0 radical (unpaired) electrons. The molecule has 0 saturated carbocycles. The first-order chi connectivity index (χ1) is 13.5. The Morgan fingerprint density at radius 2 is 1.55 bits per heavy atom. The molecule has 1 aromatic rings. The maximum Gasteiger partial charge on any atom is 0.524 e. The molecule has 2 heterocycles. The number of aliphatic imine (C=N–C) groups is 2. The van der Waals surface area contributed by atoms with Crippen molar-refractivity contribution in [2.75, 3.05) is 26.3 Å². The second-order valence-corrected chi connectivity index (χ2v) is 9.16. The van der Waals surface area contributed by atoms with Crippen molar-refractivity contribution in [1.29, 1.82) is 0 Å². The number of phosphoric acid groups is 1. The van der Waals surface area contributed by atoms with Crippen LogP contribution in [0.3, 0.4) is 0 Å². The number of nitrogens with zero attached hydrogens (tertiary/aromatic N) is 2. The maximum absolute atomic E-state index is 11.4. The lowest BCUT2D eigenvalue weighted by Crippen LogP contribution is -2.38. The number of ether oxygens (including phenoxy) is 2. The summed E-state index contributed by atoms with van der Waals surface area (Å²) in [5, 5.41) is 0. The molecule has 29 heavy (non-hydrogen) atoms. The molecule has 0 unspecified atom stereocenters. The van der Waals surface area contributed by atoms with Gasteiger partial charge in [0.25, 0.3) is 0 Å². The zero-order chi connectivity index (χ0) is 21.3. The molecule has 158 valence electrons. The molecule has 8 nitrogen and oxygen atoms in total. The molecule has 9 heteroatoms. The van der Waals surface area contributed by atoms with Gasteiger partial charge in [-0.15, -0.1) is 0 Å². The van der Waals surface area contributed by atoms with Gasteiger partial charge in [0.1, 0.15) is 19.0 Å². The fraction of sp³-hybridized carbons (Fsp3) is 0.500. The van der Waals surface area contributed by atoms with Gasteiger partial charge in [-0.2, -0.15) is 0 Å². The van der Waals surface area contributed by atoms with E-state index in [2.05, 4.69) is 9.98 Å². The van der Waals surface area contributed by atoms with Crippen LogP contribution in [0.2, 0.25) is 0 Å². The molecule has 0 amide bonds. The summed E-state index contributed by atoms with van der Waals surface area (Å²) in [6.07, 6.45) is 1.86. The van der Waals surface area contributed by atoms with Crippen molar-refractivity contribution in [2.45, 2.75) is 27.7 Å². The normalized spacial score (nSPS) is 17.2. The lowest BCUT2D eigenvalue weighted by molar-refractivity contribution is 0.278. The number of rotatable bonds is 7. The number of phosphoric ester groups is 1. The third kappa shape index (κ3) is 4.71. The first-order valence-electron chi connectivity index (χ1n) is 9.44.